The standard InChI is InChI=1S/C26H40N2O7.C12H8N2OS/c1-5-34-23(32)26-14-17(26)11-9-7-6-8-10-12-19(27-24(33)35-25(2,3)4)22(31)28-16-18(29)13-20(28)21(30)15-26;15-12-11(10-6-3-7-16-10)13-8-4-1-2-5-9(8)14-12/h9,11,17-20,29H,5-8,10,12-16H2,1-4H3,(H,27,33);1-7H,(H,14,15)/b11-9-;/t17-,18+,19+,20+,26-;/m1./s1. The zero-order valence-electron chi connectivity index (χ0n) is 29.7. The molecule has 0 spiro atoms. The highest BCUT2D eigenvalue weighted by molar-refractivity contribution is 7.13. The molecule has 3 aromatic rings. The van der Waals surface area contributed by atoms with Gasteiger partial charge in [-0.3, -0.25) is 19.2 Å². The Hall–Kier alpha value is -4.36. The number of aliphatic hydroxyl groups excluding tert-OH is 1. The van der Waals surface area contributed by atoms with Crippen LogP contribution in [0.3, 0.4) is 0 Å². The van der Waals surface area contributed by atoms with E-state index in [0.29, 0.717) is 25.0 Å². The Labute approximate surface area is 301 Å². The number of H-pyrrole nitrogens is 1. The molecular formula is C38H48N4O8S. The van der Waals surface area contributed by atoms with E-state index in [4.69, 9.17) is 9.47 Å². The number of allylic oxidation sites excluding steroid dienone is 2. The van der Waals surface area contributed by atoms with Crippen LogP contribution < -0.4 is 10.9 Å². The van der Waals surface area contributed by atoms with Crippen LogP contribution in [0.4, 0.5) is 4.79 Å². The van der Waals surface area contributed by atoms with Crippen LogP contribution in [0.1, 0.15) is 79.1 Å². The molecule has 274 valence electrons. The second kappa shape index (κ2) is 16.3. The third kappa shape index (κ3) is 9.50. The Morgan fingerprint density at radius 3 is 2.63 bits per heavy atom. The number of aliphatic hydroxyl groups is 1. The Kier molecular flexibility index (Phi) is 12.1. The van der Waals surface area contributed by atoms with Crippen molar-refractivity contribution < 1.29 is 33.8 Å². The van der Waals surface area contributed by atoms with Crippen LogP contribution in [-0.2, 0) is 23.9 Å². The Morgan fingerprint density at radius 2 is 1.90 bits per heavy atom. The van der Waals surface area contributed by atoms with E-state index in [2.05, 4.69) is 21.4 Å². The van der Waals surface area contributed by atoms with Crippen molar-refractivity contribution >= 4 is 46.1 Å². The molecule has 2 aromatic heterocycles. The van der Waals surface area contributed by atoms with E-state index < -0.39 is 41.2 Å². The normalized spacial score (nSPS) is 26.0. The fourth-order valence-corrected chi connectivity index (χ4v) is 7.44. The molecule has 3 N–H and O–H groups in total. The second-order valence-electron chi connectivity index (χ2n) is 14.4. The largest absolute Gasteiger partial charge is 0.466 e. The van der Waals surface area contributed by atoms with E-state index in [1.165, 1.54) is 16.2 Å². The van der Waals surface area contributed by atoms with Gasteiger partial charge in [-0.1, -0.05) is 43.2 Å². The number of nitrogens with one attached hydrogen (secondary N) is 2. The minimum atomic E-state index is -0.903. The first kappa shape index (κ1) is 37.9. The number of ether oxygens (including phenoxy) is 2. The molecule has 1 saturated carbocycles. The number of para-hydroxylation sites is 2. The van der Waals surface area contributed by atoms with Crippen molar-refractivity contribution in [2.45, 2.75) is 103 Å². The average molecular weight is 721 g/mol. The molecule has 4 heterocycles. The molecule has 6 rings (SSSR count). The van der Waals surface area contributed by atoms with Crippen molar-refractivity contribution in [2.75, 3.05) is 13.2 Å². The highest BCUT2D eigenvalue weighted by atomic mass is 32.1. The number of hydrogen-bond acceptors (Lipinski definition) is 10. The number of benzene rings is 1. The van der Waals surface area contributed by atoms with Gasteiger partial charge in [0.2, 0.25) is 5.91 Å². The third-order valence-electron chi connectivity index (χ3n) is 9.31. The molecule has 2 amide bonds. The summed E-state index contributed by atoms with van der Waals surface area (Å²) in [5.74, 6) is -1.11. The fraction of sp³-hybridized carbons (Fsp3) is 0.526. The van der Waals surface area contributed by atoms with Crippen molar-refractivity contribution in [2.24, 2.45) is 11.3 Å². The summed E-state index contributed by atoms with van der Waals surface area (Å²) in [5.41, 5.74) is 0.317. The summed E-state index contributed by atoms with van der Waals surface area (Å²) in [4.78, 5) is 73.6. The van der Waals surface area contributed by atoms with Crippen LogP contribution in [0.15, 0.2) is 58.7 Å². The van der Waals surface area contributed by atoms with Gasteiger partial charge in [0, 0.05) is 19.4 Å². The number of hydrogen-bond donors (Lipinski definition) is 3. The first-order valence-corrected chi connectivity index (χ1v) is 18.6. The van der Waals surface area contributed by atoms with Gasteiger partial charge >= 0.3 is 12.1 Å². The molecule has 2 fully saturated rings. The van der Waals surface area contributed by atoms with E-state index in [1.807, 2.05) is 47.9 Å². The lowest BCUT2D eigenvalue weighted by atomic mass is 9.91. The summed E-state index contributed by atoms with van der Waals surface area (Å²) in [6.45, 7) is 7.21. The summed E-state index contributed by atoms with van der Waals surface area (Å²) in [6.07, 6.45) is 6.89. The molecule has 0 bridgehead atoms. The Balaban J connectivity index is 0.000000259. The molecule has 12 nitrogen and oxygen atoms in total. The van der Waals surface area contributed by atoms with Crippen LogP contribution in [-0.4, -0.2) is 80.7 Å². The molecule has 1 aliphatic carbocycles. The molecular weight excluding hydrogens is 673 g/mol. The van der Waals surface area contributed by atoms with E-state index in [9.17, 15) is 29.1 Å². The summed E-state index contributed by atoms with van der Waals surface area (Å²) in [5, 5.41) is 15.0. The number of aromatic amines is 1. The smallest absolute Gasteiger partial charge is 0.408 e. The van der Waals surface area contributed by atoms with Gasteiger partial charge in [-0.25, -0.2) is 9.78 Å². The highest BCUT2D eigenvalue weighted by Gasteiger charge is 2.61. The van der Waals surface area contributed by atoms with Crippen molar-refractivity contribution in [3.05, 3.63) is 64.3 Å². The zero-order valence-corrected chi connectivity index (χ0v) is 30.5. The number of carbonyl (C=O) groups is 4. The van der Waals surface area contributed by atoms with E-state index in [-0.39, 0.29) is 49.2 Å². The number of rotatable bonds is 4. The topological polar surface area (TPSA) is 168 Å². The zero-order chi connectivity index (χ0) is 36.8. The van der Waals surface area contributed by atoms with Gasteiger partial charge in [0.15, 0.2) is 5.78 Å². The van der Waals surface area contributed by atoms with Crippen LogP contribution in [0.5, 0.6) is 0 Å². The Morgan fingerprint density at radius 1 is 1.12 bits per heavy atom. The molecule has 51 heavy (non-hydrogen) atoms. The van der Waals surface area contributed by atoms with Crippen LogP contribution in [0.2, 0.25) is 0 Å². The van der Waals surface area contributed by atoms with Crippen molar-refractivity contribution in [3.8, 4) is 10.6 Å². The maximum absolute atomic E-state index is 13.6. The molecule has 13 heteroatoms. The summed E-state index contributed by atoms with van der Waals surface area (Å²) in [7, 11) is 0. The molecule has 2 aliphatic heterocycles. The number of esters is 1. The lowest BCUT2D eigenvalue weighted by Crippen LogP contribution is -2.52. The number of aromatic nitrogens is 2. The van der Waals surface area contributed by atoms with Gasteiger partial charge in [-0.2, -0.15) is 0 Å². The first-order valence-electron chi connectivity index (χ1n) is 17.7. The highest BCUT2D eigenvalue weighted by Crippen LogP contribution is 2.57. The minimum absolute atomic E-state index is 0.0114. The number of Topliss-reactive ketones (excluding diaryl/α,β-unsaturated/α-hetero) is 1. The number of alkyl carbamates (subject to hydrolysis) is 1. The number of amides is 2. The average Bonchev–Trinajstić information content (AvgIpc) is 3.36. The minimum Gasteiger partial charge on any atom is -0.466 e. The fourth-order valence-electron chi connectivity index (χ4n) is 6.73. The number of carbonyl (C=O) groups excluding carboxylic acids is 4. The number of ketones is 1. The predicted octanol–water partition coefficient (Wildman–Crippen LogP) is 5.54. The molecule has 0 unspecified atom stereocenters. The van der Waals surface area contributed by atoms with Crippen LogP contribution in [0, 0.1) is 11.3 Å². The van der Waals surface area contributed by atoms with E-state index >= 15 is 0 Å². The van der Waals surface area contributed by atoms with Gasteiger partial charge in [-0.15, -0.1) is 11.3 Å². The number of fused-ring (bicyclic) bond motifs is 3. The van der Waals surface area contributed by atoms with Gasteiger partial charge in [0.25, 0.3) is 5.56 Å². The molecule has 1 aromatic carbocycles. The quantitative estimate of drug-likeness (QED) is 0.232. The monoisotopic (exact) mass is 720 g/mol. The van der Waals surface area contributed by atoms with Crippen molar-refractivity contribution in [3.63, 3.8) is 0 Å². The van der Waals surface area contributed by atoms with Gasteiger partial charge in [0.1, 0.15) is 17.3 Å². The molecule has 5 atom stereocenters. The van der Waals surface area contributed by atoms with Crippen molar-refractivity contribution in [1.29, 1.82) is 0 Å². The molecule has 1 saturated heterocycles. The summed E-state index contributed by atoms with van der Waals surface area (Å²) in [6, 6.07) is 9.63. The van der Waals surface area contributed by atoms with Crippen LogP contribution in [0.25, 0.3) is 21.6 Å². The first-order chi connectivity index (χ1) is 24.3. The second-order valence-corrected chi connectivity index (χ2v) is 15.3. The number of nitrogens with zero attached hydrogens (tertiary/aromatic N) is 2. The lowest BCUT2D eigenvalue weighted by Gasteiger charge is -2.30. The maximum Gasteiger partial charge on any atom is 0.408 e. The van der Waals surface area contributed by atoms with E-state index in [1.54, 1.807) is 27.7 Å². The Bertz CT molecular complexity index is 1800. The van der Waals surface area contributed by atoms with Gasteiger partial charge < -0.3 is 29.8 Å². The SMILES string of the molecule is CCOC(=O)[C@]12CC(=O)[C@@H]3C[C@H](O)CN3C(=O)[C@@H](NC(=O)OC(C)(C)C)CCCCC/C=C\[C@@H]1C2.O=c1[nH]c2ccccc2nc1-c1cccs1. The maximum atomic E-state index is 13.6. The predicted molar refractivity (Wildman–Crippen MR) is 194 cm³/mol. The van der Waals surface area contributed by atoms with E-state index in [0.717, 1.165) is 35.2 Å². The van der Waals surface area contributed by atoms with Gasteiger partial charge in [-0.05, 0) is 82.9 Å². The lowest BCUT2D eigenvalue weighted by molar-refractivity contribution is -0.152. The van der Waals surface area contributed by atoms with Crippen LogP contribution >= 0.6 is 11.3 Å². The van der Waals surface area contributed by atoms with Gasteiger partial charge in [0.05, 0.1) is 40.1 Å². The summed E-state index contributed by atoms with van der Waals surface area (Å²) >= 11 is 1.52. The third-order valence-corrected chi connectivity index (χ3v) is 10.2. The summed E-state index contributed by atoms with van der Waals surface area (Å²) < 4.78 is 10.7. The molecule has 0 radical (unpaired) electrons. The van der Waals surface area contributed by atoms with Crippen molar-refractivity contribution in [1.82, 2.24) is 20.2 Å². The number of thiophene rings is 1. The molecule has 3 aliphatic rings.